The van der Waals surface area contributed by atoms with Gasteiger partial charge < -0.3 is 5.73 Å². The first-order valence-electron chi connectivity index (χ1n) is 5.77. The Bertz CT molecular complexity index is 587. The molecule has 2 aromatic rings. The minimum Gasteiger partial charge on any atom is -0.398 e. The topological polar surface area (TPSA) is 43.1 Å². The van der Waals surface area contributed by atoms with Gasteiger partial charge in [-0.05, 0) is 29.2 Å². The molecule has 0 fully saturated rings. The zero-order valence-corrected chi connectivity index (χ0v) is 9.44. The smallest absolute Gasteiger partial charge is 0.165 e. The molecule has 0 heterocycles. The molecule has 17 heavy (non-hydrogen) atoms. The summed E-state index contributed by atoms with van der Waals surface area (Å²) in [6.07, 6.45) is 1.40. The quantitative estimate of drug-likeness (QED) is 0.755. The van der Waals surface area contributed by atoms with Crippen LogP contribution in [0.1, 0.15) is 22.3 Å². The Balaban J connectivity index is 2.24. The molecule has 1 aliphatic carbocycles. The molecule has 2 N–H and O–H groups in total. The summed E-state index contributed by atoms with van der Waals surface area (Å²) < 4.78 is 0. The number of hydrogen-bond acceptors (Lipinski definition) is 2. The zero-order chi connectivity index (χ0) is 11.8. The summed E-state index contributed by atoms with van der Waals surface area (Å²) in [6.45, 7) is 0. The van der Waals surface area contributed by atoms with Crippen LogP contribution in [-0.4, -0.2) is 5.78 Å². The van der Waals surface area contributed by atoms with Gasteiger partial charge in [0, 0.05) is 17.7 Å². The average molecular weight is 223 g/mol. The SMILES string of the molecule is Nc1ccc(-c2ccccc2)c2c1C(=O)CC2. The van der Waals surface area contributed by atoms with E-state index in [-0.39, 0.29) is 5.78 Å². The van der Waals surface area contributed by atoms with Gasteiger partial charge in [-0.25, -0.2) is 0 Å². The number of rotatable bonds is 1. The fourth-order valence-electron chi connectivity index (χ4n) is 2.51. The number of fused-ring (bicyclic) bond motifs is 1. The summed E-state index contributed by atoms with van der Waals surface area (Å²) >= 11 is 0. The number of Topliss-reactive ketones (excluding diaryl/α,β-unsaturated/α-hetero) is 1. The molecule has 84 valence electrons. The van der Waals surface area contributed by atoms with Crippen molar-refractivity contribution in [1.29, 1.82) is 0 Å². The first-order chi connectivity index (χ1) is 8.27. The van der Waals surface area contributed by atoms with Crippen molar-refractivity contribution < 1.29 is 4.79 Å². The molecule has 0 bridgehead atoms. The van der Waals surface area contributed by atoms with Gasteiger partial charge in [0.15, 0.2) is 5.78 Å². The lowest BCUT2D eigenvalue weighted by Gasteiger charge is -2.09. The van der Waals surface area contributed by atoms with Crippen molar-refractivity contribution in [1.82, 2.24) is 0 Å². The molecule has 0 radical (unpaired) electrons. The third-order valence-corrected chi connectivity index (χ3v) is 3.31. The van der Waals surface area contributed by atoms with E-state index in [1.165, 1.54) is 0 Å². The maximum absolute atomic E-state index is 11.8. The summed E-state index contributed by atoms with van der Waals surface area (Å²) in [7, 11) is 0. The molecule has 0 unspecified atom stereocenters. The Hall–Kier alpha value is -2.09. The van der Waals surface area contributed by atoms with E-state index in [2.05, 4.69) is 12.1 Å². The lowest BCUT2D eigenvalue weighted by atomic mass is 9.96. The van der Waals surface area contributed by atoms with E-state index in [1.54, 1.807) is 0 Å². The van der Waals surface area contributed by atoms with Crippen molar-refractivity contribution >= 4 is 11.5 Å². The van der Waals surface area contributed by atoms with Gasteiger partial charge in [0.05, 0.1) is 0 Å². The first kappa shape index (κ1) is 10.1. The van der Waals surface area contributed by atoms with Gasteiger partial charge >= 0.3 is 0 Å². The first-order valence-corrected chi connectivity index (χ1v) is 5.77. The largest absolute Gasteiger partial charge is 0.398 e. The van der Waals surface area contributed by atoms with Crippen molar-refractivity contribution in [2.75, 3.05) is 5.73 Å². The monoisotopic (exact) mass is 223 g/mol. The van der Waals surface area contributed by atoms with E-state index in [9.17, 15) is 4.79 Å². The summed E-state index contributed by atoms with van der Waals surface area (Å²) in [5, 5.41) is 0. The molecule has 0 aliphatic heterocycles. The minimum atomic E-state index is 0.176. The van der Waals surface area contributed by atoms with Gasteiger partial charge in [-0.2, -0.15) is 0 Å². The van der Waals surface area contributed by atoms with Crippen molar-refractivity contribution in [2.24, 2.45) is 0 Å². The maximum Gasteiger partial charge on any atom is 0.165 e. The highest BCUT2D eigenvalue weighted by Crippen LogP contribution is 2.35. The molecule has 3 rings (SSSR count). The Kier molecular flexibility index (Phi) is 2.22. The van der Waals surface area contributed by atoms with Gasteiger partial charge in [0.2, 0.25) is 0 Å². The summed E-state index contributed by atoms with van der Waals surface area (Å²) in [6, 6.07) is 14.0. The van der Waals surface area contributed by atoms with Crippen molar-refractivity contribution in [2.45, 2.75) is 12.8 Å². The van der Waals surface area contributed by atoms with Crippen LogP contribution in [0.3, 0.4) is 0 Å². The number of benzene rings is 2. The van der Waals surface area contributed by atoms with Crippen LogP contribution in [0.15, 0.2) is 42.5 Å². The van der Waals surface area contributed by atoms with Crippen LogP contribution in [0.2, 0.25) is 0 Å². The standard InChI is InChI=1S/C15H13NO/c16-13-8-6-11(10-4-2-1-3-5-10)12-7-9-14(17)15(12)13/h1-6,8H,7,9,16H2. The van der Waals surface area contributed by atoms with Crippen LogP contribution in [-0.2, 0) is 6.42 Å². The lowest BCUT2D eigenvalue weighted by Crippen LogP contribution is -2.00. The number of anilines is 1. The molecule has 0 atom stereocenters. The third-order valence-electron chi connectivity index (χ3n) is 3.31. The van der Waals surface area contributed by atoms with E-state index >= 15 is 0 Å². The van der Waals surface area contributed by atoms with Crippen LogP contribution in [0.4, 0.5) is 5.69 Å². The molecule has 0 saturated carbocycles. The normalized spacial score (nSPS) is 13.8. The molecular formula is C15H13NO. The van der Waals surface area contributed by atoms with Gasteiger partial charge in [-0.3, -0.25) is 4.79 Å². The van der Waals surface area contributed by atoms with Gasteiger partial charge in [-0.1, -0.05) is 36.4 Å². The minimum absolute atomic E-state index is 0.176. The maximum atomic E-state index is 11.8. The molecule has 2 aromatic carbocycles. The van der Waals surface area contributed by atoms with Crippen LogP contribution >= 0.6 is 0 Å². The highest BCUT2D eigenvalue weighted by molar-refractivity contribution is 6.06. The average Bonchev–Trinajstić information content (AvgIpc) is 2.74. The van der Waals surface area contributed by atoms with Crippen molar-refractivity contribution in [3.8, 4) is 11.1 Å². The number of hydrogen-bond donors (Lipinski definition) is 1. The van der Waals surface area contributed by atoms with Crippen LogP contribution in [0.25, 0.3) is 11.1 Å². The Morgan fingerprint density at radius 2 is 1.71 bits per heavy atom. The molecule has 0 saturated heterocycles. The fraction of sp³-hybridized carbons (Fsp3) is 0.133. The number of ketones is 1. The second-order valence-corrected chi connectivity index (χ2v) is 4.35. The van der Waals surface area contributed by atoms with E-state index in [0.29, 0.717) is 12.1 Å². The van der Waals surface area contributed by atoms with Gasteiger partial charge in [0.25, 0.3) is 0 Å². The van der Waals surface area contributed by atoms with E-state index in [1.807, 2.05) is 30.3 Å². The Labute approximate surface area is 100 Å². The Morgan fingerprint density at radius 1 is 0.941 bits per heavy atom. The Morgan fingerprint density at radius 3 is 2.47 bits per heavy atom. The van der Waals surface area contributed by atoms with Gasteiger partial charge in [-0.15, -0.1) is 0 Å². The number of nitrogen functional groups attached to an aromatic ring is 1. The third kappa shape index (κ3) is 1.53. The predicted octanol–water partition coefficient (Wildman–Crippen LogP) is 3.06. The van der Waals surface area contributed by atoms with Gasteiger partial charge in [0.1, 0.15) is 0 Å². The fourth-order valence-corrected chi connectivity index (χ4v) is 2.51. The van der Waals surface area contributed by atoms with E-state index < -0.39 is 0 Å². The molecule has 2 heteroatoms. The lowest BCUT2D eigenvalue weighted by molar-refractivity contribution is 0.0995. The van der Waals surface area contributed by atoms with Crippen molar-refractivity contribution in [3.05, 3.63) is 53.6 Å². The van der Waals surface area contributed by atoms with Crippen molar-refractivity contribution in [3.63, 3.8) is 0 Å². The van der Waals surface area contributed by atoms with Crippen LogP contribution in [0, 0.1) is 0 Å². The molecule has 2 nitrogen and oxygen atoms in total. The highest BCUT2D eigenvalue weighted by Gasteiger charge is 2.24. The van der Waals surface area contributed by atoms with E-state index in [0.717, 1.165) is 28.7 Å². The molecule has 0 aromatic heterocycles. The number of carbonyl (C=O) groups excluding carboxylic acids is 1. The second-order valence-electron chi connectivity index (χ2n) is 4.35. The zero-order valence-electron chi connectivity index (χ0n) is 9.44. The molecule has 0 amide bonds. The summed E-state index contributed by atoms with van der Waals surface area (Å²) in [5.41, 5.74) is 10.6. The molecular weight excluding hydrogens is 210 g/mol. The highest BCUT2D eigenvalue weighted by atomic mass is 16.1. The molecule has 1 aliphatic rings. The summed E-state index contributed by atoms with van der Waals surface area (Å²) in [4.78, 5) is 11.8. The number of nitrogens with two attached hydrogens (primary N) is 1. The van der Waals surface area contributed by atoms with Crippen LogP contribution in [0.5, 0.6) is 0 Å². The molecule has 0 spiro atoms. The van der Waals surface area contributed by atoms with E-state index in [4.69, 9.17) is 5.73 Å². The van der Waals surface area contributed by atoms with Crippen LogP contribution < -0.4 is 5.73 Å². The second kappa shape index (κ2) is 3.74. The number of carbonyl (C=O) groups is 1. The predicted molar refractivity (Wildman–Crippen MR) is 68.9 cm³/mol. The summed E-state index contributed by atoms with van der Waals surface area (Å²) in [5.74, 6) is 0.176.